The summed E-state index contributed by atoms with van der Waals surface area (Å²) in [5.74, 6) is 1.90. The van der Waals surface area contributed by atoms with E-state index in [2.05, 4.69) is 34.0 Å². The molecule has 17 heavy (non-hydrogen) atoms. The maximum Gasteiger partial charge on any atom is 0.149 e. The van der Waals surface area contributed by atoms with Crippen molar-refractivity contribution in [2.45, 2.75) is 45.6 Å². The van der Waals surface area contributed by atoms with Crippen molar-refractivity contribution in [1.82, 2.24) is 9.97 Å². The monoisotopic (exact) mass is 234 g/mol. The first-order chi connectivity index (χ1) is 8.35. The van der Waals surface area contributed by atoms with Crippen LogP contribution in [0.3, 0.4) is 0 Å². The number of nitrogens with zero attached hydrogens (tertiary/aromatic N) is 3. The third-order valence-corrected chi connectivity index (χ3v) is 3.37. The maximum absolute atomic E-state index is 4.64. The molecule has 1 fully saturated rings. The second-order valence-corrected chi connectivity index (χ2v) is 4.54. The van der Waals surface area contributed by atoms with E-state index in [1.54, 1.807) is 6.20 Å². The highest BCUT2D eigenvalue weighted by Gasteiger charge is 2.22. The molecule has 0 aliphatic carbocycles. The van der Waals surface area contributed by atoms with E-state index in [9.17, 15) is 0 Å². The molecule has 0 amide bonds. The molecule has 0 aromatic carbocycles. The Morgan fingerprint density at radius 3 is 3.00 bits per heavy atom. The SMILES string of the molecule is CCNc1cncc(N2CCCCC2CC)n1. The molecule has 4 heteroatoms. The third kappa shape index (κ3) is 2.87. The van der Waals surface area contributed by atoms with Gasteiger partial charge >= 0.3 is 0 Å². The van der Waals surface area contributed by atoms with Crippen LogP contribution < -0.4 is 10.2 Å². The van der Waals surface area contributed by atoms with Crippen molar-refractivity contribution >= 4 is 11.6 Å². The molecular formula is C13H22N4. The molecule has 1 atom stereocenters. The van der Waals surface area contributed by atoms with E-state index >= 15 is 0 Å². The molecule has 1 aromatic heterocycles. The zero-order valence-electron chi connectivity index (χ0n) is 10.8. The fraction of sp³-hybridized carbons (Fsp3) is 0.692. The van der Waals surface area contributed by atoms with Crippen LogP contribution in [0.1, 0.15) is 39.5 Å². The van der Waals surface area contributed by atoms with Crippen LogP contribution in [0, 0.1) is 0 Å². The average molecular weight is 234 g/mol. The number of hydrogen-bond acceptors (Lipinski definition) is 4. The van der Waals surface area contributed by atoms with Crippen LogP contribution >= 0.6 is 0 Å². The number of aromatic nitrogens is 2. The average Bonchev–Trinajstić information content (AvgIpc) is 2.39. The van der Waals surface area contributed by atoms with Crippen LogP contribution in [0.2, 0.25) is 0 Å². The van der Waals surface area contributed by atoms with E-state index in [0.717, 1.165) is 24.7 Å². The minimum absolute atomic E-state index is 0.634. The lowest BCUT2D eigenvalue weighted by Crippen LogP contribution is -2.39. The third-order valence-electron chi connectivity index (χ3n) is 3.37. The molecular weight excluding hydrogens is 212 g/mol. The molecule has 0 bridgehead atoms. The molecule has 1 N–H and O–H groups in total. The van der Waals surface area contributed by atoms with Gasteiger partial charge < -0.3 is 10.2 Å². The largest absolute Gasteiger partial charge is 0.369 e. The van der Waals surface area contributed by atoms with Gasteiger partial charge in [0.1, 0.15) is 11.6 Å². The predicted octanol–water partition coefficient (Wildman–Crippen LogP) is 2.68. The summed E-state index contributed by atoms with van der Waals surface area (Å²) in [5, 5.41) is 3.22. The Morgan fingerprint density at radius 1 is 1.35 bits per heavy atom. The van der Waals surface area contributed by atoms with Crippen molar-refractivity contribution in [3.8, 4) is 0 Å². The zero-order chi connectivity index (χ0) is 12.1. The summed E-state index contributed by atoms with van der Waals surface area (Å²) in [6.07, 6.45) is 8.75. The molecule has 1 aliphatic heterocycles. The normalized spacial score (nSPS) is 20.4. The second-order valence-electron chi connectivity index (χ2n) is 4.54. The minimum Gasteiger partial charge on any atom is -0.369 e. The van der Waals surface area contributed by atoms with E-state index in [4.69, 9.17) is 0 Å². The summed E-state index contributed by atoms with van der Waals surface area (Å²) in [6.45, 7) is 6.33. The molecule has 1 unspecified atom stereocenters. The van der Waals surface area contributed by atoms with E-state index in [0.29, 0.717) is 6.04 Å². The van der Waals surface area contributed by atoms with E-state index in [1.165, 1.54) is 25.7 Å². The van der Waals surface area contributed by atoms with E-state index < -0.39 is 0 Å². The first-order valence-corrected chi connectivity index (χ1v) is 6.67. The Morgan fingerprint density at radius 2 is 2.24 bits per heavy atom. The molecule has 2 heterocycles. The highest BCUT2D eigenvalue weighted by atomic mass is 15.2. The van der Waals surface area contributed by atoms with Crippen LogP contribution in [-0.4, -0.2) is 29.1 Å². The van der Waals surface area contributed by atoms with Crippen LogP contribution in [0.4, 0.5) is 11.6 Å². The van der Waals surface area contributed by atoms with Crippen molar-refractivity contribution in [3.63, 3.8) is 0 Å². The minimum atomic E-state index is 0.634. The number of nitrogens with one attached hydrogen (secondary N) is 1. The first-order valence-electron chi connectivity index (χ1n) is 6.67. The van der Waals surface area contributed by atoms with Gasteiger partial charge in [0.15, 0.2) is 0 Å². The van der Waals surface area contributed by atoms with Crippen LogP contribution in [0.25, 0.3) is 0 Å². The number of hydrogen-bond donors (Lipinski definition) is 1. The Labute approximate surface area is 103 Å². The fourth-order valence-electron chi connectivity index (χ4n) is 2.49. The van der Waals surface area contributed by atoms with Crippen molar-refractivity contribution in [2.75, 3.05) is 23.3 Å². The zero-order valence-corrected chi connectivity index (χ0v) is 10.8. The molecule has 1 aliphatic rings. The maximum atomic E-state index is 4.64. The fourth-order valence-corrected chi connectivity index (χ4v) is 2.49. The lowest BCUT2D eigenvalue weighted by atomic mass is 10.0. The number of rotatable bonds is 4. The summed E-state index contributed by atoms with van der Waals surface area (Å²) < 4.78 is 0. The highest BCUT2D eigenvalue weighted by molar-refractivity contribution is 5.44. The van der Waals surface area contributed by atoms with Crippen molar-refractivity contribution < 1.29 is 0 Å². The molecule has 94 valence electrons. The summed E-state index contributed by atoms with van der Waals surface area (Å²) in [7, 11) is 0. The lowest BCUT2D eigenvalue weighted by Gasteiger charge is -2.36. The van der Waals surface area contributed by atoms with Gasteiger partial charge in [0.2, 0.25) is 0 Å². The van der Waals surface area contributed by atoms with Crippen molar-refractivity contribution in [1.29, 1.82) is 0 Å². The smallest absolute Gasteiger partial charge is 0.149 e. The van der Waals surface area contributed by atoms with Gasteiger partial charge in [0.05, 0.1) is 12.4 Å². The summed E-state index contributed by atoms with van der Waals surface area (Å²) in [5.41, 5.74) is 0. The molecule has 4 nitrogen and oxygen atoms in total. The molecule has 1 saturated heterocycles. The van der Waals surface area contributed by atoms with Gasteiger partial charge in [0.25, 0.3) is 0 Å². The summed E-state index contributed by atoms with van der Waals surface area (Å²) >= 11 is 0. The molecule has 0 saturated carbocycles. The number of anilines is 2. The quantitative estimate of drug-likeness (QED) is 0.869. The van der Waals surface area contributed by atoms with Gasteiger partial charge in [-0.1, -0.05) is 6.92 Å². The number of piperidine rings is 1. The van der Waals surface area contributed by atoms with Gasteiger partial charge in [-0.25, -0.2) is 4.98 Å². The summed E-state index contributed by atoms with van der Waals surface area (Å²) in [4.78, 5) is 11.3. The van der Waals surface area contributed by atoms with Crippen LogP contribution in [0.5, 0.6) is 0 Å². The topological polar surface area (TPSA) is 41.1 Å². The highest BCUT2D eigenvalue weighted by Crippen LogP contribution is 2.25. The first kappa shape index (κ1) is 12.1. The van der Waals surface area contributed by atoms with Crippen molar-refractivity contribution in [2.24, 2.45) is 0 Å². The molecule has 1 aromatic rings. The van der Waals surface area contributed by atoms with Crippen molar-refractivity contribution in [3.05, 3.63) is 12.4 Å². The van der Waals surface area contributed by atoms with E-state index in [1.807, 2.05) is 6.20 Å². The lowest BCUT2D eigenvalue weighted by molar-refractivity contribution is 0.446. The standard InChI is InChI=1S/C13H22N4/c1-3-11-7-5-6-8-17(11)13-10-14-9-12(16-13)15-4-2/h9-11H,3-8H2,1-2H3,(H,15,16). The van der Waals surface area contributed by atoms with Gasteiger partial charge in [0, 0.05) is 19.1 Å². The molecule has 2 rings (SSSR count). The molecule has 0 spiro atoms. The van der Waals surface area contributed by atoms with Gasteiger partial charge in [-0.05, 0) is 32.6 Å². The van der Waals surface area contributed by atoms with Gasteiger partial charge in [-0.15, -0.1) is 0 Å². The summed E-state index contributed by atoms with van der Waals surface area (Å²) in [6, 6.07) is 0.634. The Kier molecular flexibility index (Phi) is 4.18. The Bertz CT molecular complexity index is 353. The second kappa shape index (κ2) is 5.84. The Balaban J connectivity index is 2.16. The Hall–Kier alpha value is -1.32. The van der Waals surface area contributed by atoms with Crippen LogP contribution in [-0.2, 0) is 0 Å². The van der Waals surface area contributed by atoms with E-state index in [-0.39, 0.29) is 0 Å². The molecule has 0 radical (unpaired) electrons. The van der Waals surface area contributed by atoms with Gasteiger partial charge in [-0.3, -0.25) is 4.98 Å². The van der Waals surface area contributed by atoms with Crippen LogP contribution in [0.15, 0.2) is 12.4 Å². The predicted molar refractivity (Wildman–Crippen MR) is 71.5 cm³/mol. The van der Waals surface area contributed by atoms with Gasteiger partial charge in [-0.2, -0.15) is 0 Å².